The van der Waals surface area contributed by atoms with Gasteiger partial charge in [0.05, 0.1) is 6.10 Å². The summed E-state index contributed by atoms with van der Waals surface area (Å²) in [5.74, 6) is 4.74. The average Bonchev–Trinajstić information content (AvgIpc) is 3.08. The van der Waals surface area contributed by atoms with Gasteiger partial charge in [-0.2, -0.15) is 0 Å². The number of hydrogen-bond donors (Lipinski definition) is 1. The summed E-state index contributed by atoms with van der Waals surface area (Å²) in [6, 6.07) is 0. The molecule has 0 amide bonds. The second kappa shape index (κ2) is 8.66. The first-order valence-electron chi connectivity index (χ1n) is 13.7. The number of aliphatic hydroxyl groups excluding tert-OH is 1. The van der Waals surface area contributed by atoms with Crippen LogP contribution in [-0.2, 0) is 0 Å². The Morgan fingerprint density at radius 3 is 2.39 bits per heavy atom. The first-order valence-corrected chi connectivity index (χ1v) is 13.7. The summed E-state index contributed by atoms with van der Waals surface area (Å²) < 4.78 is 0. The van der Waals surface area contributed by atoms with Crippen molar-refractivity contribution in [2.24, 2.45) is 46.3 Å². The molecule has 1 heteroatoms. The Kier molecular flexibility index (Phi) is 6.59. The highest BCUT2D eigenvalue weighted by molar-refractivity contribution is 5.36. The lowest BCUT2D eigenvalue weighted by Gasteiger charge is -2.57. The second-order valence-electron chi connectivity index (χ2n) is 12.9. The molecule has 0 aromatic heterocycles. The molecule has 0 radical (unpaired) electrons. The highest BCUT2D eigenvalue weighted by atomic mass is 16.3. The fourth-order valence-corrected chi connectivity index (χ4v) is 9.17. The third-order valence-corrected chi connectivity index (χ3v) is 11.2. The van der Waals surface area contributed by atoms with Crippen molar-refractivity contribution in [2.75, 3.05) is 0 Å². The Bertz CT molecular complexity index is 716. The number of allylic oxidation sites excluding steroid dienone is 2. The minimum absolute atomic E-state index is 0.254. The van der Waals surface area contributed by atoms with Crippen LogP contribution in [-0.4, -0.2) is 11.2 Å². The topological polar surface area (TPSA) is 20.2 Å². The Morgan fingerprint density at radius 2 is 1.71 bits per heavy atom. The molecule has 3 saturated carbocycles. The quantitative estimate of drug-likeness (QED) is 0.423. The molecule has 1 N–H and O–H groups in total. The van der Waals surface area contributed by atoms with Crippen molar-refractivity contribution in [1.29, 1.82) is 0 Å². The Labute approximate surface area is 193 Å². The van der Waals surface area contributed by atoms with Crippen LogP contribution < -0.4 is 0 Å². The average molecular weight is 427 g/mol. The van der Waals surface area contributed by atoms with Crippen LogP contribution >= 0.6 is 0 Å². The van der Waals surface area contributed by atoms with Crippen molar-refractivity contribution in [3.63, 3.8) is 0 Å². The number of hydrogen-bond acceptors (Lipinski definition) is 1. The smallest absolute Gasteiger partial charge is 0.0750 e. The monoisotopic (exact) mass is 426 g/mol. The van der Waals surface area contributed by atoms with Crippen LogP contribution in [0.15, 0.2) is 23.3 Å². The largest absolute Gasteiger partial charge is 0.389 e. The van der Waals surface area contributed by atoms with Gasteiger partial charge in [-0.3, -0.25) is 0 Å². The zero-order chi connectivity index (χ0) is 22.6. The molecular weight excluding hydrogens is 376 g/mol. The Balaban J connectivity index is 1.54. The van der Waals surface area contributed by atoms with E-state index >= 15 is 0 Å². The lowest BCUT2D eigenvalue weighted by atomic mass is 9.48. The summed E-state index contributed by atoms with van der Waals surface area (Å²) in [6.45, 7) is 19.3. The molecule has 4 aliphatic carbocycles. The summed E-state index contributed by atoms with van der Waals surface area (Å²) in [7, 11) is 0. The van der Waals surface area contributed by atoms with Crippen molar-refractivity contribution < 1.29 is 5.11 Å². The standard InChI is InChI=1S/C30H50O/c1-8-22(19(2)3)10-9-20(4)24-13-14-26-23-11-12-25-21(5)28(31)16-18-30(25,7)27(23)15-17-29(24,26)6/h19-20,22,24-25,27-28,31H,5,8-18H2,1-4,6-7H3/t20-,22+,24-,25+,27-,28+,29-,30+/m1/s1. The lowest BCUT2D eigenvalue weighted by molar-refractivity contribution is 0.00280. The summed E-state index contributed by atoms with van der Waals surface area (Å²) in [5, 5.41) is 10.4. The molecule has 0 aromatic carbocycles. The first-order chi connectivity index (χ1) is 14.6. The van der Waals surface area contributed by atoms with Crippen LogP contribution in [0.1, 0.15) is 112 Å². The normalized spacial score (nSPS) is 42.3. The van der Waals surface area contributed by atoms with Crippen LogP contribution in [0.4, 0.5) is 0 Å². The van der Waals surface area contributed by atoms with E-state index in [0.717, 1.165) is 41.6 Å². The maximum atomic E-state index is 10.4. The molecule has 0 spiro atoms. The highest BCUT2D eigenvalue weighted by Crippen LogP contribution is 2.66. The summed E-state index contributed by atoms with van der Waals surface area (Å²) in [4.78, 5) is 0. The molecule has 4 rings (SSSR count). The molecule has 0 unspecified atom stereocenters. The zero-order valence-electron chi connectivity index (χ0n) is 21.5. The molecule has 8 atom stereocenters. The van der Waals surface area contributed by atoms with E-state index in [9.17, 15) is 5.11 Å². The van der Waals surface area contributed by atoms with Gasteiger partial charge in [-0.25, -0.2) is 0 Å². The first kappa shape index (κ1) is 23.6. The molecule has 0 heterocycles. The molecule has 3 fully saturated rings. The van der Waals surface area contributed by atoms with Crippen LogP contribution in [0, 0.1) is 46.3 Å². The summed E-state index contributed by atoms with van der Waals surface area (Å²) in [6.07, 6.45) is 14.1. The fourth-order valence-electron chi connectivity index (χ4n) is 9.17. The van der Waals surface area contributed by atoms with Crippen LogP contribution in [0.5, 0.6) is 0 Å². The third-order valence-electron chi connectivity index (χ3n) is 11.2. The van der Waals surface area contributed by atoms with E-state index < -0.39 is 0 Å². The molecule has 0 bridgehead atoms. The van der Waals surface area contributed by atoms with E-state index in [2.05, 4.69) is 48.1 Å². The minimum Gasteiger partial charge on any atom is -0.389 e. The minimum atomic E-state index is -0.254. The van der Waals surface area contributed by atoms with Crippen LogP contribution in [0.3, 0.4) is 0 Å². The Morgan fingerprint density at radius 1 is 0.968 bits per heavy atom. The molecule has 1 nitrogen and oxygen atoms in total. The third kappa shape index (κ3) is 3.79. The van der Waals surface area contributed by atoms with Gasteiger partial charge >= 0.3 is 0 Å². The van der Waals surface area contributed by atoms with E-state index in [0.29, 0.717) is 16.7 Å². The van der Waals surface area contributed by atoms with Crippen molar-refractivity contribution in [3.8, 4) is 0 Å². The van der Waals surface area contributed by atoms with E-state index in [4.69, 9.17) is 0 Å². The second-order valence-corrected chi connectivity index (χ2v) is 12.9. The predicted molar refractivity (Wildman–Crippen MR) is 133 cm³/mol. The van der Waals surface area contributed by atoms with Crippen molar-refractivity contribution in [3.05, 3.63) is 23.3 Å². The molecule has 0 saturated heterocycles. The van der Waals surface area contributed by atoms with Gasteiger partial charge in [0, 0.05) is 0 Å². The molecule has 176 valence electrons. The highest BCUT2D eigenvalue weighted by Gasteiger charge is 2.56. The Hall–Kier alpha value is -0.560. The van der Waals surface area contributed by atoms with E-state index in [1.807, 2.05) is 11.1 Å². The van der Waals surface area contributed by atoms with Gasteiger partial charge in [-0.1, -0.05) is 72.1 Å². The van der Waals surface area contributed by atoms with Gasteiger partial charge in [0.1, 0.15) is 0 Å². The van der Waals surface area contributed by atoms with Crippen LogP contribution in [0.25, 0.3) is 0 Å². The van der Waals surface area contributed by atoms with E-state index in [-0.39, 0.29) is 6.10 Å². The van der Waals surface area contributed by atoms with E-state index in [1.54, 1.807) is 0 Å². The van der Waals surface area contributed by atoms with E-state index in [1.165, 1.54) is 64.2 Å². The van der Waals surface area contributed by atoms with Gasteiger partial charge in [-0.15, -0.1) is 0 Å². The maximum Gasteiger partial charge on any atom is 0.0750 e. The van der Waals surface area contributed by atoms with Crippen molar-refractivity contribution in [1.82, 2.24) is 0 Å². The summed E-state index contributed by atoms with van der Waals surface area (Å²) >= 11 is 0. The van der Waals surface area contributed by atoms with Gasteiger partial charge in [0.15, 0.2) is 0 Å². The molecular formula is C30H50O. The number of fused-ring (bicyclic) bond motifs is 4. The van der Waals surface area contributed by atoms with Gasteiger partial charge in [-0.05, 0) is 110 Å². The molecule has 0 aliphatic heterocycles. The molecule has 31 heavy (non-hydrogen) atoms. The predicted octanol–water partition coefficient (Wildman–Crippen LogP) is 8.34. The van der Waals surface area contributed by atoms with Crippen molar-refractivity contribution >= 4 is 0 Å². The molecule has 4 aliphatic rings. The number of aliphatic hydroxyl groups is 1. The fraction of sp³-hybridized carbons (Fsp3) is 0.867. The van der Waals surface area contributed by atoms with Gasteiger partial charge < -0.3 is 5.11 Å². The van der Waals surface area contributed by atoms with Gasteiger partial charge in [0.25, 0.3) is 0 Å². The SMILES string of the molecule is C=C1[C@@H](O)CC[C@]2(C)[C@@H]3CC[C@@]4(C)C(=C3CC[C@@H]12)CC[C@@H]4[C@H](C)CC[C@H](CC)C(C)C. The summed E-state index contributed by atoms with van der Waals surface area (Å²) in [5.41, 5.74) is 5.72. The van der Waals surface area contributed by atoms with Crippen molar-refractivity contribution in [2.45, 2.75) is 118 Å². The maximum absolute atomic E-state index is 10.4. The zero-order valence-corrected chi connectivity index (χ0v) is 21.5. The lowest BCUT2D eigenvalue weighted by Crippen LogP contribution is -2.49. The van der Waals surface area contributed by atoms with Gasteiger partial charge in [0.2, 0.25) is 0 Å². The number of rotatable bonds is 6. The molecule has 0 aromatic rings. The van der Waals surface area contributed by atoms with Crippen LogP contribution in [0.2, 0.25) is 0 Å².